The van der Waals surface area contributed by atoms with Crippen molar-refractivity contribution in [3.05, 3.63) is 66.4 Å². The highest BCUT2D eigenvalue weighted by atomic mass is 16.5. The van der Waals surface area contributed by atoms with Crippen LogP contribution in [-0.2, 0) is 11.3 Å². The van der Waals surface area contributed by atoms with Crippen molar-refractivity contribution in [2.45, 2.75) is 26.3 Å². The number of carbonyl (C=O) groups is 1. The molecule has 7 heteroatoms. The van der Waals surface area contributed by atoms with Crippen LogP contribution in [0.5, 0.6) is 5.75 Å². The predicted molar refractivity (Wildman–Crippen MR) is 97.0 cm³/mol. The third-order valence-corrected chi connectivity index (χ3v) is 3.90. The summed E-state index contributed by atoms with van der Waals surface area (Å²) >= 11 is 0. The van der Waals surface area contributed by atoms with Crippen LogP contribution < -0.4 is 10.1 Å². The maximum Gasteiger partial charge on any atom is 0.258 e. The summed E-state index contributed by atoms with van der Waals surface area (Å²) in [5.41, 5.74) is 2.08. The summed E-state index contributed by atoms with van der Waals surface area (Å²) in [6.07, 6.45) is 4.68. The molecule has 0 spiro atoms. The van der Waals surface area contributed by atoms with Crippen LogP contribution in [0.2, 0.25) is 0 Å². The van der Waals surface area contributed by atoms with E-state index in [2.05, 4.69) is 34.2 Å². The molecule has 0 radical (unpaired) electrons. The zero-order valence-corrected chi connectivity index (χ0v) is 14.8. The topological polar surface area (TPSA) is 81.9 Å². The van der Waals surface area contributed by atoms with Crippen LogP contribution in [0.1, 0.15) is 30.9 Å². The lowest BCUT2D eigenvalue weighted by Crippen LogP contribution is -2.29. The molecule has 1 aromatic carbocycles. The Kier molecular flexibility index (Phi) is 5.58. The number of aromatic nitrogens is 4. The van der Waals surface area contributed by atoms with Gasteiger partial charge in [0.2, 0.25) is 0 Å². The number of rotatable bonds is 7. The Labute approximate surface area is 152 Å². The van der Waals surface area contributed by atoms with Crippen molar-refractivity contribution >= 4 is 5.91 Å². The maximum absolute atomic E-state index is 12.1. The summed E-state index contributed by atoms with van der Waals surface area (Å²) < 4.78 is 7.10. The minimum atomic E-state index is -0.202. The molecule has 134 valence electrons. The minimum Gasteiger partial charge on any atom is -0.484 e. The summed E-state index contributed by atoms with van der Waals surface area (Å²) in [6, 6.07) is 11.5. The van der Waals surface area contributed by atoms with Crippen molar-refractivity contribution in [1.82, 2.24) is 25.1 Å². The fourth-order valence-electron chi connectivity index (χ4n) is 2.43. The lowest BCUT2D eigenvalue weighted by atomic mass is 10.0. The van der Waals surface area contributed by atoms with E-state index in [-0.39, 0.29) is 12.5 Å². The van der Waals surface area contributed by atoms with E-state index >= 15 is 0 Å². The van der Waals surface area contributed by atoms with Crippen LogP contribution in [0.3, 0.4) is 0 Å². The summed E-state index contributed by atoms with van der Waals surface area (Å²) in [4.78, 5) is 20.3. The summed E-state index contributed by atoms with van der Waals surface area (Å²) in [6.45, 7) is 4.56. The van der Waals surface area contributed by atoms with Gasteiger partial charge in [-0.3, -0.25) is 4.79 Å². The quantitative estimate of drug-likeness (QED) is 0.707. The number of hydrogen-bond donors (Lipinski definition) is 1. The number of amides is 1. The summed E-state index contributed by atoms with van der Waals surface area (Å²) in [5.74, 6) is 1.57. The molecule has 3 aromatic rings. The molecule has 3 rings (SSSR count). The molecule has 2 aromatic heterocycles. The van der Waals surface area contributed by atoms with E-state index in [1.807, 2.05) is 36.4 Å². The van der Waals surface area contributed by atoms with Gasteiger partial charge in [0.15, 0.2) is 12.4 Å². The van der Waals surface area contributed by atoms with Crippen LogP contribution in [0, 0.1) is 0 Å². The molecule has 0 aliphatic carbocycles. The maximum atomic E-state index is 12.1. The molecule has 0 aliphatic rings. The molecule has 0 fully saturated rings. The zero-order valence-electron chi connectivity index (χ0n) is 14.8. The normalized spacial score (nSPS) is 10.7. The van der Waals surface area contributed by atoms with Gasteiger partial charge in [-0.25, -0.2) is 14.6 Å². The highest BCUT2D eigenvalue weighted by molar-refractivity contribution is 5.77. The van der Waals surface area contributed by atoms with Gasteiger partial charge in [0.05, 0.1) is 0 Å². The predicted octanol–water partition coefficient (Wildman–Crippen LogP) is 2.48. The Morgan fingerprint density at radius 3 is 2.73 bits per heavy atom. The standard InChI is InChI=1S/C19H21N5O2/c1-14(2)15-5-7-17(8-6-15)26-11-18(25)22-10-16-4-3-9-21-19(16)24-13-20-12-23-24/h3-9,12-14H,10-11H2,1-2H3,(H,22,25). The Bertz CT molecular complexity index is 845. The number of benzene rings is 1. The van der Waals surface area contributed by atoms with Crippen LogP contribution in [0.15, 0.2) is 55.2 Å². The molecular weight excluding hydrogens is 330 g/mol. The van der Waals surface area contributed by atoms with Gasteiger partial charge >= 0.3 is 0 Å². The first-order valence-corrected chi connectivity index (χ1v) is 8.42. The third kappa shape index (κ3) is 4.44. The van der Waals surface area contributed by atoms with E-state index in [0.29, 0.717) is 24.0 Å². The fraction of sp³-hybridized carbons (Fsp3) is 0.263. The fourth-order valence-corrected chi connectivity index (χ4v) is 2.43. The van der Waals surface area contributed by atoms with E-state index in [1.54, 1.807) is 17.2 Å². The van der Waals surface area contributed by atoms with Crippen molar-refractivity contribution in [2.24, 2.45) is 0 Å². The van der Waals surface area contributed by atoms with E-state index in [1.165, 1.54) is 11.9 Å². The lowest BCUT2D eigenvalue weighted by Gasteiger charge is -2.11. The molecular formula is C19H21N5O2. The van der Waals surface area contributed by atoms with Crippen LogP contribution in [-0.4, -0.2) is 32.3 Å². The van der Waals surface area contributed by atoms with Crippen LogP contribution in [0.25, 0.3) is 5.82 Å². The molecule has 1 N–H and O–H groups in total. The number of carbonyl (C=O) groups excluding carboxylic acids is 1. The van der Waals surface area contributed by atoms with Crippen molar-refractivity contribution in [3.63, 3.8) is 0 Å². The minimum absolute atomic E-state index is 0.0417. The molecule has 7 nitrogen and oxygen atoms in total. The van der Waals surface area contributed by atoms with Gasteiger partial charge in [-0.15, -0.1) is 0 Å². The smallest absolute Gasteiger partial charge is 0.258 e. The van der Waals surface area contributed by atoms with Crippen molar-refractivity contribution in [1.29, 1.82) is 0 Å². The number of hydrogen-bond acceptors (Lipinski definition) is 5. The first-order valence-electron chi connectivity index (χ1n) is 8.42. The average Bonchev–Trinajstić information content (AvgIpc) is 3.20. The molecule has 0 unspecified atom stereocenters. The van der Waals surface area contributed by atoms with Crippen molar-refractivity contribution < 1.29 is 9.53 Å². The molecule has 0 bridgehead atoms. The molecule has 1 amide bonds. The summed E-state index contributed by atoms with van der Waals surface area (Å²) in [7, 11) is 0. The highest BCUT2D eigenvalue weighted by Crippen LogP contribution is 2.18. The Hall–Kier alpha value is -3.22. The summed E-state index contributed by atoms with van der Waals surface area (Å²) in [5, 5.41) is 6.91. The van der Waals surface area contributed by atoms with Gasteiger partial charge < -0.3 is 10.1 Å². The number of pyridine rings is 1. The zero-order chi connectivity index (χ0) is 18.4. The number of nitrogens with zero attached hydrogens (tertiary/aromatic N) is 4. The van der Waals surface area contributed by atoms with Crippen LogP contribution >= 0.6 is 0 Å². The molecule has 0 atom stereocenters. The first kappa shape index (κ1) is 17.6. The molecule has 0 saturated heterocycles. The first-order chi connectivity index (χ1) is 12.6. The van der Waals surface area contributed by atoms with E-state index in [0.717, 1.165) is 5.56 Å². The second kappa shape index (κ2) is 8.24. The van der Waals surface area contributed by atoms with Crippen molar-refractivity contribution in [2.75, 3.05) is 6.61 Å². The SMILES string of the molecule is CC(C)c1ccc(OCC(=O)NCc2cccnc2-n2cncn2)cc1. The largest absolute Gasteiger partial charge is 0.484 e. The second-order valence-corrected chi connectivity index (χ2v) is 6.12. The Morgan fingerprint density at radius 2 is 2.04 bits per heavy atom. The van der Waals surface area contributed by atoms with Gasteiger partial charge in [-0.05, 0) is 29.7 Å². The van der Waals surface area contributed by atoms with Gasteiger partial charge in [0, 0.05) is 18.3 Å². The Balaban J connectivity index is 1.53. The molecule has 26 heavy (non-hydrogen) atoms. The highest BCUT2D eigenvalue weighted by Gasteiger charge is 2.09. The molecule has 0 saturated carbocycles. The van der Waals surface area contributed by atoms with Crippen molar-refractivity contribution in [3.8, 4) is 11.6 Å². The van der Waals surface area contributed by atoms with Crippen LogP contribution in [0.4, 0.5) is 0 Å². The van der Waals surface area contributed by atoms with Gasteiger partial charge in [-0.2, -0.15) is 5.10 Å². The number of nitrogens with one attached hydrogen (secondary N) is 1. The monoisotopic (exact) mass is 351 g/mol. The second-order valence-electron chi connectivity index (χ2n) is 6.12. The van der Waals surface area contributed by atoms with Gasteiger partial charge in [0.1, 0.15) is 18.4 Å². The molecule has 2 heterocycles. The van der Waals surface area contributed by atoms with Gasteiger partial charge in [0.25, 0.3) is 5.91 Å². The number of ether oxygens (including phenoxy) is 1. The van der Waals surface area contributed by atoms with E-state index in [4.69, 9.17) is 4.74 Å². The average molecular weight is 351 g/mol. The van der Waals surface area contributed by atoms with E-state index < -0.39 is 0 Å². The molecule has 0 aliphatic heterocycles. The van der Waals surface area contributed by atoms with Gasteiger partial charge in [-0.1, -0.05) is 32.0 Å². The van der Waals surface area contributed by atoms with E-state index in [9.17, 15) is 4.79 Å². The Morgan fingerprint density at radius 1 is 1.23 bits per heavy atom. The third-order valence-electron chi connectivity index (χ3n) is 3.90. The lowest BCUT2D eigenvalue weighted by molar-refractivity contribution is -0.123.